The second kappa shape index (κ2) is 12.7. The molecule has 2 saturated carbocycles. The number of pyridine rings is 1. The molecule has 41 heavy (non-hydrogen) atoms. The smallest absolute Gasteiger partial charge is 0.134 e. The lowest BCUT2D eigenvalue weighted by Crippen LogP contribution is -2.27. The van der Waals surface area contributed by atoms with Crippen molar-refractivity contribution in [3.05, 3.63) is 89.9 Å². The molecule has 4 heteroatoms. The van der Waals surface area contributed by atoms with Crippen molar-refractivity contribution in [2.75, 3.05) is 0 Å². The lowest BCUT2D eigenvalue weighted by Gasteiger charge is -2.26. The average molecular weight is 548 g/mol. The molecule has 0 spiro atoms. The molecule has 1 unspecified atom stereocenters. The first-order valence-corrected chi connectivity index (χ1v) is 15.9. The first-order chi connectivity index (χ1) is 20.0. The van der Waals surface area contributed by atoms with Gasteiger partial charge < -0.3 is 10.3 Å². The number of fused-ring (bicyclic) bond motifs is 1. The highest BCUT2D eigenvalue weighted by molar-refractivity contribution is 5.90. The Hall–Kier alpha value is -3.24. The fraction of sp³-hybridized carbons (Fsp3) is 0.459. The lowest BCUT2D eigenvalue weighted by molar-refractivity contribution is -0.120. The van der Waals surface area contributed by atoms with Gasteiger partial charge in [-0.1, -0.05) is 55.2 Å². The summed E-state index contributed by atoms with van der Waals surface area (Å²) in [7, 11) is 0. The van der Waals surface area contributed by atoms with Crippen molar-refractivity contribution in [3.63, 3.8) is 0 Å². The first kappa shape index (κ1) is 27.9. The van der Waals surface area contributed by atoms with E-state index in [4.69, 9.17) is 5.73 Å². The number of carbonyl (C=O) groups is 1. The van der Waals surface area contributed by atoms with Gasteiger partial charge in [-0.05, 0) is 104 Å². The van der Waals surface area contributed by atoms with Crippen LogP contribution in [0.2, 0.25) is 0 Å². The Balaban J connectivity index is 1.40. The Bertz CT molecular complexity index is 1460. The van der Waals surface area contributed by atoms with E-state index < -0.39 is 0 Å². The minimum atomic E-state index is 0.0380. The molecule has 2 aromatic carbocycles. The molecule has 2 heterocycles. The molecule has 4 nitrogen and oxygen atoms in total. The SMILES string of the molecule is Cc1cccc(C(CC(=O)CC2CCC(N)CC2)c2cn(CC3CCCCC3)c3ccc(-c4ccncc4)cc23)c1. The maximum atomic E-state index is 13.7. The van der Waals surface area contributed by atoms with Gasteiger partial charge in [-0.15, -0.1) is 0 Å². The quantitative estimate of drug-likeness (QED) is 0.228. The molecule has 0 radical (unpaired) electrons. The van der Waals surface area contributed by atoms with E-state index in [0.717, 1.165) is 38.1 Å². The van der Waals surface area contributed by atoms with Crippen LogP contribution in [0.15, 0.2) is 73.2 Å². The molecule has 2 fully saturated rings. The largest absolute Gasteiger partial charge is 0.347 e. The summed E-state index contributed by atoms with van der Waals surface area (Å²) >= 11 is 0. The van der Waals surface area contributed by atoms with E-state index in [1.807, 2.05) is 12.4 Å². The van der Waals surface area contributed by atoms with Crippen LogP contribution in [0.4, 0.5) is 0 Å². The van der Waals surface area contributed by atoms with E-state index in [9.17, 15) is 4.79 Å². The van der Waals surface area contributed by atoms with Gasteiger partial charge in [-0.25, -0.2) is 0 Å². The number of hydrogen-bond acceptors (Lipinski definition) is 3. The third kappa shape index (κ3) is 6.64. The molecular formula is C37H45N3O. The first-order valence-electron chi connectivity index (χ1n) is 15.9. The molecule has 0 aliphatic heterocycles. The van der Waals surface area contributed by atoms with Gasteiger partial charge in [0.05, 0.1) is 0 Å². The second-order valence-electron chi connectivity index (χ2n) is 12.9. The highest BCUT2D eigenvalue weighted by atomic mass is 16.1. The Kier molecular flexibility index (Phi) is 8.67. The van der Waals surface area contributed by atoms with Gasteiger partial charge >= 0.3 is 0 Å². The van der Waals surface area contributed by atoms with E-state index in [-0.39, 0.29) is 5.92 Å². The van der Waals surface area contributed by atoms with E-state index in [0.29, 0.717) is 30.6 Å². The van der Waals surface area contributed by atoms with E-state index >= 15 is 0 Å². The minimum Gasteiger partial charge on any atom is -0.347 e. The fourth-order valence-electron chi connectivity index (χ4n) is 7.44. The molecule has 2 aromatic heterocycles. The summed E-state index contributed by atoms with van der Waals surface area (Å²) in [6.45, 7) is 3.21. The lowest BCUT2D eigenvalue weighted by atomic mass is 9.80. The zero-order valence-electron chi connectivity index (χ0n) is 24.6. The molecule has 0 amide bonds. The van der Waals surface area contributed by atoms with Crippen molar-refractivity contribution in [1.29, 1.82) is 0 Å². The van der Waals surface area contributed by atoms with Gasteiger partial charge in [0.2, 0.25) is 0 Å². The number of hydrogen-bond donors (Lipinski definition) is 1. The number of Topliss-reactive ketones (excluding diaryl/α,β-unsaturated/α-hetero) is 1. The van der Waals surface area contributed by atoms with Crippen LogP contribution in [-0.2, 0) is 11.3 Å². The molecule has 0 saturated heterocycles. The number of aryl methyl sites for hydroxylation is 1. The number of nitrogens with two attached hydrogens (primary N) is 1. The van der Waals surface area contributed by atoms with E-state index in [1.54, 1.807) is 0 Å². The van der Waals surface area contributed by atoms with Crippen molar-refractivity contribution in [1.82, 2.24) is 9.55 Å². The van der Waals surface area contributed by atoms with Crippen LogP contribution < -0.4 is 5.73 Å². The zero-order valence-corrected chi connectivity index (χ0v) is 24.6. The van der Waals surface area contributed by atoms with Crippen molar-refractivity contribution >= 4 is 16.7 Å². The summed E-state index contributed by atoms with van der Waals surface area (Å²) in [5.74, 6) is 1.63. The van der Waals surface area contributed by atoms with Crippen LogP contribution in [0.3, 0.4) is 0 Å². The minimum absolute atomic E-state index is 0.0380. The Labute approximate surface area is 245 Å². The topological polar surface area (TPSA) is 60.9 Å². The van der Waals surface area contributed by atoms with Crippen molar-refractivity contribution in [2.24, 2.45) is 17.6 Å². The molecule has 6 rings (SSSR count). The third-order valence-electron chi connectivity index (χ3n) is 9.76. The average Bonchev–Trinajstić information content (AvgIpc) is 3.35. The maximum absolute atomic E-state index is 13.7. The molecular weight excluding hydrogens is 502 g/mol. The fourth-order valence-corrected chi connectivity index (χ4v) is 7.44. The highest BCUT2D eigenvalue weighted by Crippen LogP contribution is 2.39. The summed E-state index contributed by atoms with van der Waals surface area (Å²) in [4.78, 5) is 18.0. The van der Waals surface area contributed by atoms with Gasteiger partial charge in [-0.3, -0.25) is 9.78 Å². The van der Waals surface area contributed by atoms with Gasteiger partial charge in [0.25, 0.3) is 0 Å². The van der Waals surface area contributed by atoms with Gasteiger partial charge in [0.15, 0.2) is 0 Å². The second-order valence-corrected chi connectivity index (χ2v) is 12.9. The van der Waals surface area contributed by atoms with Gasteiger partial charge in [-0.2, -0.15) is 0 Å². The molecule has 4 aromatic rings. The summed E-state index contributed by atoms with van der Waals surface area (Å²) in [5.41, 5.74) is 13.6. The molecule has 214 valence electrons. The molecule has 0 bridgehead atoms. The van der Waals surface area contributed by atoms with Crippen molar-refractivity contribution in [2.45, 2.75) is 96.1 Å². The maximum Gasteiger partial charge on any atom is 0.134 e. The van der Waals surface area contributed by atoms with Crippen LogP contribution >= 0.6 is 0 Å². The Morgan fingerprint density at radius 1 is 0.902 bits per heavy atom. The number of rotatable bonds is 9. The predicted molar refractivity (Wildman–Crippen MR) is 169 cm³/mol. The van der Waals surface area contributed by atoms with Gasteiger partial charge in [0, 0.05) is 60.8 Å². The van der Waals surface area contributed by atoms with Crippen LogP contribution in [0.25, 0.3) is 22.0 Å². The number of ketones is 1. The van der Waals surface area contributed by atoms with Gasteiger partial charge in [0.1, 0.15) is 5.78 Å². The monoisotopic (exact) mass is 547 g/mol. The summed E-state index contributed by atoms with van der Waals surface area (Å²) in [6, 6.07) is 20.2. The summed E-state index contributed by atoms with van der Waals surface area (Å²) in [6.07, 6.45) is 18.3. The van der Waals surface area contributed by atoms with Crippen molar-refractivity contribution < 1.29 is 4.79 Å². The zero-order chi connectivity index (χ0) is 28.2. The highest BCUT2D eigenvalue weighted by Gasteiger charge is 2.27. The summed E-state index contributed by atoms with van der Waals surface area (Å²) in [5, 5.41) is 1.28. The Morgan fingerprint density at radius 3 is 2.44 bits per heavy atom. The van der Waals surface area contributed by atoms with Crippen LogP contribution in [0.5, 0.6) is 0 Å². The number of nitrogens with zero attached hydrogens (tertiary/aromatic N) is 2. The molecule has 2 aliphatic rings. The van der Waals surface area contributed by atoms with E-state index in [2.05, 4.69) is 77.3 Å². The standard InChI is InChI=1S/C37H45N3O/c1-26-6-5-9-31(20-26)34(23-33(41)21-27-10-13-32(38)14-11-27)36-25-40(24-28-7-3-2-4-8-28)37-15-12-30(22-35(36)37)29-16-18-39-19-17-29/h5-6,9,12,15-20,22,25,27-28,32,34H,2-4,7-8,10-11,13-14,21,23-24,38H2,1H3. The van der Waals surface area contributed by atoms with Crippen LogP contribution in [0, 0.1) is 18.8 Å². The molecule has 1 atom stereocenters. The summed E-state index contributed by atoms with van der Waals surface area (Å²) < 4.78 is 2.51. The third-order valence-corrected chi connectivity index (χ3v) is 9.76. The predicted octanol–water partition coefficient (Wildman–Crippen LogP) is 8.59. The van der Waals surface area contributed by atoms with Crippen molar-refractivity contribution in [3.8, 4) is 11.1 Å². The molecule has 2 aliphatic carbocycles. The number of aromatic nitrogens is 2. The molecule has 2 N–H and O–H groups in total. The van der Waals surface area contributed by atoms with E-state index in [1.165, 1.54) is 70.8 Å². The van der Waals surface area contributed by atoms with Crippen LogP contribution in [0.1, 0.15) is 93.2 Å². The number of carbonyl (C=O) groups excluding carboxylic acids is 1. The Morgan fingerprint density at radius 2 is 1.68 bits per heavy atom. The number of benzene rings is 2. The van der Waals surface area contributed by atoms with Crippen LogP contribution in [-0.4, -0.2) is 21.4 Å². The normalized spacial score (nSPS) is 20.7.